The normalized spacial score (nSPS) is 10.8. The second-order valence-electron chi connectivity index (χ2n) is 8.45. The summed E-state index contributed by atoms with van der Waals surface area (Å²) in [6, 6.07) is 43.4. The number of rotatable bonds is 3. The van der Waals surface area contributed by atoms with Crippen LogP contribution in [0.3, 0.4) is 0 Å². The lowest BCUT2D eigenvalue weighted by atomic mass is 9.95. The van der Waals surface area contributed by atoms with Crippen LogP contribution >= 0.6 is 0 Å². The highest BCUT2D eigenvalue weighted by atomic mass is 15.0. The third-order valence-corrected chi connectivity index (χ3v) is 6.50. The second kappa shape index (κ2) is 8.34. The minimum absolute atomic E-state index is 0.387. The number of aromatic nitrogens is 1. The molecule has 0 radical (unpaired) electrons. The van der Waals surface area contributed by atoms with Crippen molar-refractivity contribution in [3.8, 4) is 40.1 Å². The molecular weight excluding hydrogens is 426 g/mol. The molecule has 3 nitrogen and oxygen atoms in total. The van der Waals surface area contributed by atoms with Gasteiger partial charge < -0.3 is 4.57 Å². The Bertz CT molecular complexity index is 1760. The van der Waals surface area contributed by atoms with Gasteiger partial charge in [0.05, 0.1) is 27.8 Å². The molecule has 0 bridgehead atoms. The Morgan fingerprint density at radius 1 is 0.486 bits per heavy atom. The number of hydrogen-bond acceptors (Lipinski definition) is 2. The van der Waals surface area contributed by atoms with E-state index in [1.165, 1.54) is 10.8 Å². The van der Waals surface area contributed by atoms with Gasteiger partial charge in [-0.1, -0.05) is 78.9 Å². The van der Waals surface area contributed by atoms with Crippen LogP contribution in [0.4, 0.5) is 0 Å². The van der Waals surface area contributed by atoms with E-state index in [4.69, 9.17) is 0 Å². The van der Waals surface area contributed by atoms with Crippen LogP contribution in [0.2, 0.25) is 0 Å². The summed E-state index contributed by atoms with van der Waals surface area (Å²) in [5.41, 5.74) is 8.29. The van der Waals surface area contributed by atoms with E-state index >= 15 is 0 Å². The van der Waals surface area contributed by atoms with Crippen molar-refractivity contribution in [3.63, 3.8) is 0 Å². The first-order valence-corrected chi connectivity index (χ1v) is 11.4. The number of nitrogens with zero attached hydrogens (tertiary/aromatic N) is 3. The molecule has 6 aromatic rings. The van der Waals surface area contributed by atoms with Crippen molar-refractivity contribution in [2.45, 2.75) is 0 Å². The van der Waals surface area contributed by atoms with Crippen molar-refractivity contribution in [1.82, 2.24) is 4.57 Å². The Balaban J connectivity index is 1.65. The largest absolute Gasteiger partial charge is 0.309 e. The SMILES string of the molecule is N#Cc1ccc(-c2ccc(-n3c4ccccc4c4ccccc43)c(-c3ccccc3)c2)cc1C#N. The second-order valence-corrected chi connectivity index (χ2v) is 8.45. The predicted octanol–water partition coefficient (Wildman–Crippen LogP) is 7.86. The molecule has 0 aliphatic heterocycles. The van der Waals surface area contributed by atoms with Crippen LogP contribution in [-0.4, -0.2) is 4.57 Å². The van der Waals surface area contributed by atoms with Gasteiger partial charge in [0.1, 0.15) is 12.1 Å². The predicted molar refractivity (Wildman–Crippen MR) is 141 cm³/mol. The molecular formula is C32H19N3. The molecule has 0 aliphatic carbocycles. The van der Waals surface area contributed by atoms with Crippen molar-refractivity contribution in [3.05, 3.63) is 126 Å². The quantitative estimate of drug-likeness (QED) is 0.278. The molecule has 0 atom stereocenters. The number of hydrogen-bond donors (Lipinski definition) is 0. The average Bonchev–Trinajstić information content (AvgIpc) is 3.27. The maximum Gasteiger partial charge on any atom is 0.101 e. The lowest BCUT2D eigenvalue weighted by Gasteiger charge is -2.16. The van der Waals surface area contributed by atoms with Gasteiger partial charge in [-0.25, -0.2) is 0 Å². The first-order chi connectivity index (χ1) is 17.3. The summed E-state index contributed by atoms with van der Waals surface area (Å²) in [5.74, 6) is 0. The Hall–Kier alpha value is -5.12. The lowest BCUT2D eigenvalue weighted by Crippen LogP contribution is -1.98. The Morgan fingerprint density at radius 2 is 1.06 bits per heavy atom. The number of nitriles is 2. The van der Waals surface area contributed by atoms with Gasteiger partial charge >= 0.3 is 0 Å². The number of fused-ring (bicyclic) bond motifs is 3. The van der Waals surface area contributed by atoms with Crippen LogP contribution in [0.1, 0.15) is 11.1 Å². The molecule has 0 amide bonds. The van der Waals surface area contributed by atoms with Crippen molar-refractivity contribution >= 4 is 21.8 Å². The van der Waals surface area contributed by atoms with Gasteiger partial charge in [-0.3, -0.25) is 0 Å². The van der Waals surface area contributed by atoms with Gasteiger partial charge in [0, 0.05) is 16.3 Å². The van der Waals surface area contributed by atoms with E-state index in [1.807, 2.05) is 24.3 Å². The summed E-state index contributed by atoms with van der Waals surface area (Å²) in [4.78, 5) is 0. The zero-order valence-electron chi connectivity index (χ0n) is 18.8. The van der Waals surface area contributed by atoms with Crippen molar-refractivity contribution in [2.24, 2.45) is 0 Å². The molecule has 6 rings (SSSR count). The van der Waals surface area contributed by atoms with Crippen molar-refractivity contribution in [1.29, 1.82) is 10.5 Å². The standard InChI is InChI=1S/C32H19N3/c33-20-25-15-14-23(18-26(25)21-34)24-16-17-32(29(19-24)22-8-2-1-3-9-22)35-30-12-6-4-10-27(30)28-11-5-7-13-31(28)35/h1-19H. The number of benzene rings is 5. The van der Waals surface area contributed by atoms with E-state index in [-0.39, 0.29) is 0 Å². The smallest absolute Gasteiger partial charge is 0.101 e. The zero-order valence-corrected chi connectivity index (χ0v) is 18.8. The topological polar surface area (TPSA) is 52.5 Å². The Morgan fingerprint density at radius 3 is 1.71 bits per heavy atom. The molecule has 0 saturated carbocycles. The van der Waals surface area contributed by atoms with Crippen molar-refractivity contribution in [2.75, 3.05) is 0 Å². The molecule has 3 heteroatoms. The van der Waals surface area contributed by atoms with Crippen LogP contribution in [0.5, 0.6) is 0 Å². The van der Waals surface area contributed by atoms with Gasteiger partial charge in [-0.2, -0.15) is 10.5 Å². The summed E-state index contributed by atoms with van der Waals surface area (Å²) < 4.78 is 2.33. The summed E-state index contributed by atoms with van der Waals surface area (Å²) in [6.45, 7) is 0. The summed E-state index contributed by atoms with van der Waals surface area (Å²) in [6.07, 6.45) is 0. The zero-order chi connectivity index (χ0) is 23.8. The van der Waals surface area contributed by atoms with Crippen LogP contribution in [0.25, 0.3) is 49.7 Å². The monoisotopic (exact) mass is 445 g/mol. The van der Waals surface area contributed by atoms with Crippen LogP contribution in [0, 0.1) is 22.7 Å². The van der Waals surface area contributed by atoms with Gasteiger partial charge in [-0.05, 0) is 53.1 Å². The molecule has 1 heterocycles. The van der Waals surface area contributed by atoms with E-state index < -0.39 is 0 Å². The fraction of sp³-hybridized carbons (Fsp3) is 0. The number of para-hydroxylation sites is 2. The van der Waals surface area contributed by atoms with E-state index in [9.17, 15) is 10.5 Å². The first kappa shape index (κ1) is 20.5. The summed E-state index contributed by atoms with van der Waals surface area (Å²) in [7, 11) is 0. The van der Waals surface area contributed by atoms with E-state index in [2.05, 4.69) is 95.6 Å². The van der Waals surface area contributed by atoms with Crippen LogP contribution in [-0.2, 0) is 0 Å². The third-order valence-electron chi connectivity index (χ3n) is 6.50. The highest BCUT2D eigenvalue weighted by molar-refractivity contribution is 6.09. The highest BCUT2D eigenvalue weighted by Gasteiger charge is 2.16. The molecule has 0 N–H and O–H groups in total. The van der Waals surface area contributed by atoms with Crippen LogP contribution in [0.15, 0.2) is 115 Å². The highest BCUT2D eigenvalue weighted by Crippen LogP contribution is 2.38. The van der Waals surface area contributed by atoms with Crippen LogP contribution < -0.4 is 0 Å². The van der Waals surface area contributed by atoms with Gasteiger partial charge in [-0.15, -0.1) is 0 Å². The molecule has 0 aliphatic rings. The van der Waals surface area contributed by atoms with E-state index in [0.29, 0.717) is 11.1 Å². The van der Waals surface area contributed by atoms with E-state index in [0.717, 1.165) is 39.0 Å². The molecule has 162 valence electrons. The average molecular weight is 446 g/mol. The van der Waals surface area contributed by atoms with Crippen molar-refractivity contribution < 1.29 is 0 Å². The fourth-order valence-corrected chi connectivity index (χ4v) is 4.86. The molecule has 0 unspecified atom stereocenters. The minimum atomic E-state index is 0.387. The molecule has 0 fully saturated rings. The molecule has 1 aromatic heterocycles. The third kappa shape index (κ3) is 3.35. The minimum Gasteiger partial charge on any atom is -0.309 e. The van der Waals surface area contributed by atoms with Gasteiger partial charge in [0.2, 0.25) is 0 Å². The lowest BCUT2D eigenvalue weighted by molar-refractivity contribution is 1.18. The summed E-state index contributed by atoms with van der Waals surface area (Å²) in [5, 5.41) is 21.3. The van der Waals surface area contributed by atoms with Gasteiger partial charge in [0.25, 0.3) is 0 Å². The fourth-order valence-electron chi connectivity index (χ4n) is 4.86. The van der Waals surface area contributed by atoms with Gasteiger partial charge in [0.15, 0.2) is 0 Å². The Labute approximate surface area is 203 Å². The summed E-state index contributed by atoms with van der Waals surface area (Å²) >= 11 is 0. The van der Waals surface area contributed by atoms with E-state index in [1.54, 1.807) is 12.1 Å². The Kier molecular flexibility index (Phi) is 4.88. The molecule has 0 spiro atoms. The molecule has 5 aromatic carbocycles. The molecule has 35 heavy (non-hydrogen) atoms. The molecule has 0 saturated heterocycles. The maximum absolute atomic E-state index is 9.52. The first-order valence-electron chi connectivity index (χ1n) is 11.4. The maximum atomic E-state index is 9.52.